The first kappa shape index (κ1) is 12.9. The first-order valence-corrected chi connectivity index (χ1v) is 8.88. The highest BCUT2D eigenvalue weighted by Gasteiger charge is 2.14. The number of rotatable bonds is 7. The molecule has 2 nitrogen and oxygen atoms in total. The Morgan fingerprint density at radius 1 is 1.33 bits per heavy atom. The molecule has 0 bridgehead atoms. The quantitative estimate of drug-likeness (QED) is 0.493. The van der Waals surface area contributed by atoms with Crippen LogP contribution in [0.2, 0.25) is 0 Å². The van der Waals surface area contributed by atoms with E-state index in [1.807, 2.05) is 18.7 Å². The summed E-state index contributed by atoms with van der Waals surface area (Å²) in [6.45, 7) is 3.91. The van der Waals surface area contributed by atoms with E-state index < -0.39 is 6.57 Å². The van der Waals surface area contributed by atoms with Crippen molar-refractivity contribution in [2.75, 3.05) is 30.5 Å². The number of thioether (sulfide) groups is 1. The van der Waals surface area contributed by atoms with Gasteiger partial charge in [0.1, 0.15) is 0 Å². The Morgan fingerprint density at radius 3 is 2.50 bits per heavy atom. The third-order valence-electron chi connectivity index (χ3n) is 1.12. The molecule has 0 spiro atoms. The summed E-state index contributed by atoms with van der Waals surface area (Å²) in [4.78, 5) is 0. The second kappa shape index (κ2) is 7.31. The van der Waals surface area contributed by atoms with Crippen molar-refractivity contribution in [3.63, 3.8) is 0 Å². The monoisotopic (exact) mass is 228 g/mol. The minimum atomic E-state index is -2.33. The fourth-order valence-corrected chi connectivity index (χ4v) is 4.82. The van der Waals surface area contributed by atoms with Crippen LogP contribution >= 0.6 is 29.7 Å². The van der Waals surface area contributed by atoms with Gasteiger partial charge in [-0.15, -0.1) is 0 Å². The molecule has 0 heterocycles. The van der Waals surface area contributed by atoms with E-state index in [1.165, 1.54) is 11.4 Å². The molecule has 1 atom stereocenters. The topological polar surface area (TPSA) is 26.3 Å². The normalized spacial score (nSPS) is 15.9. The summed E-state index contributed by atoms with van der Waals surface area (Å²) >= 11 is 3.33. The zero-order valence-electron chi connectivity index (χ0n) is 7.91. The molecule has 0 N–H and O–H groups in total. The summed E-state index contributed by atoms with van der Waals surface area (Å²) in [7, 11) is 0. The highest BCUT2D eigenvalue weighted by atomic mass is 32.7. The predicted octanol–water partition coefficient (Wildman–Crippen LogP) is 3.33. The van der Waals surface area contributed by atoms with Crippen molar-refractivity contribution in [1.82, 2.24) is 0 Å². The molecule has 0 aliphatic carbocycles. The molecule has 0 rings (SSSR count). The lowest BCUT2D eigenvalue weighted by Crippen LogP contribution is -1.88. The molecule has 1 unspecified atom stereocenters. The lowest BCUT2D eigenvalue weighted by Gasteiger charge is -2.10. The Labute approximate surface area is 83.4 Å². The van der Waals surface area contributed by atoms with Crippen LogP contribution in [0.15, 0.2) is 0 Å². The van der Waals surface area contributed by atoms with E-state index in [4.69, 9.17) is 4.52 Å². The first-order chi connectivity index (χ1) is 5.62. The molecule has 0 aromatic heterocycles. The molecule has 0 aliphatic heterocycles. The number of hydrogen-bond acceptors (Lipinski definition) is 4. The summed E-state index contributed by atoms with van der Waals surface area (Å²) in [6, 6.07) is 0. The zero-order chi connectivity index (χ0) is 9.45. The molecule has 12 heavy (non-hydrogen) atoms. The predicted molar refractivity (Wildman–Crippen MR) is 60.6 cm³/mol. The molecule has 0 aromatic rings. The van der Waals surface area contributed by atoms with Crippen LogP contribution in [-0.2, 0) is 9.09 Å². The maximum atomic E-state index is 11.5. The van der Waals surface area contributed by atoms with Gasteiger partial charge in [0.25, 0.3) is 6.57 Å². The van der Waals surface area contributed by atoms with Crippen LogP contribution in [0.25, 0.3) is 0 Å². The van der Waals surface area contributed by atoms with Gasteiger partial charge >= 0.3 is 0 Å². The zero-order valence-corrected chi connectivity index (χ0v) is 10.4. The van der Waals surface area contributed by atoms with Gasteiger partial charge in [-0.05, 0) is 12.7 Å². The lowest BCUT2D eigenvalue weighted by atomic mass is 10.9. The van der Waals surface area contributed by atoms with Crippen LogP contribution in [-0.4, -0.2) is 30.5 Å². The molecular formula is C7H17O2PS2. The van der Waals surface area contributed by atoms with Gasteiger partial charge in [0.15, 0.2) is 0 Å². The van der Waals surface area contributed by atoms with Crippen molar-refractivity contribution in [3.8, 4) is 0 Å². The molecule has 0 fully saturated rings. The van der Waals surface area contributed by atoms with E-state index >= 15 is 0 Å². The van der Waals surface area contributed by atoms with E-state index in [9.17, 15) is 4.57 Å². The molecular weight excluding hydrogens is 211 g/mol. The molecule has 0 amide bonds. The van der Waals surface area contributed by atoms with E-state index in [2.05, 4.69) is 6.92 Å². The summed E-state index contributed by atoms with van der Waals surface area (Å²) < 4.78 is 16.6. The maximum absolute atomic E-state index is 11.5. The maximum Gasteiger partial charge on any atom is 0.254 e. The van der Waals surface area contributed by atoms with Gasteiger partial charge in [0.2, 0.25) is 0 Å². The smallest absolute Gasteiger partial charge is 0.254 e. The van der Waals surface area contributed by atoms with E-state index in [0.717, 1.165) is 17.3 Å². The first-order valence-electron chi connectivity index (χ1n) is 4.06. The standard InChI is InChI=1S/C7H17O2PS2/c1-4-9-10(3,8)12-7-6-11-5-2/h4-7H2,1-3H3. The van der Waals surface area contributed by atoms with Crippen molar-refractivity contribution in [2.24, 2.45) is 0 Å². The fourth-order valence-electron chi connectivity index (χ4n) is 0.678. The Hall–Kier alpha value is 0.890. The Morgan fingerprint density at radius 2 is 2.00 bits per heavy atom. The van der Waals surface area contributed by atoms with Gasteiger partial charge < -0.3 is 4.52 Å². The minimum Gasteiger partial charge on any atom is -0.322 e. The molecule has 0 radical (unpaired) electrons. The van der Waals surface area contributed by atoms with Crippen molar-refractivity contribution in [3.05, 3.63) is 0 Å². The largest absolute Gasteiger partial charge is 0.322 e. The Balaban J connectivity index is 3.41. The van der Waals surface area contributed by atoms with Crippen molar-refractivity contribution < 1.29 is 9.09 Å². The third kappa shape index (κ3) is 7.53. The fraction of sp³-hybridized carbons (Fsp3) is 1.00. The van der Waals surface area contributed by atoms with Crippen molar-refractivity contribution in [2.45, 2.75) is 13.8 Å². The molecule has 0 saturated carbocycles. The average Bonchev–Trinajstić information content (AvgIpc) is 1.98. The van der Waals surface area contributed by atoms with Crippen LogP contribution in [0.3, 0.4) is 0 Å². The average molecular weight is 228 g/mol. The minimum absolute atomic E-state index is 0.543. The van der Waals surface area contributed by atoms with Gasteiger partial charge in [-0.3, -0.25) is 4.57 Å². The summed E-state index contributed by atoms with van der Waals surface area (Å²) in [5, 5.41) is 0. The highest BCUT2D eigenvalue weighted by molar-refractivity contribution is 8.56. The summed E-state index contributed by atoms with van der Waals surface area (Å²) in [5.74, 6) is 3.11. The summed E-state index contributed by atoms with van der Waals surface area (Å²) in [6.07, 6.45) is 0. The van der Waals surface area contributed by atoms with Crippen LogP contribution in [0.1, 0.15) is 13.8 Å². The number of hydrogen-bond donors (Lipinski definition) is 0. The summed E-state index contributed by atoms with van der Waals surface area (Å²) in [5.41, 5.74) is 0. The van der Waals surface area contributed by atoms with Crippen molar-refractivity contribution in [1.29, 1.82) is 0 Å². The third-order valence-corrected chi connectivity index (χ3v) is 6.13. The molecule has 0 saturated heterocycles. The second-order valence-electron chi connectivity index (χ2n) is 2.22. The van der Waals surface area contributed by atoms with Crippen LogP contribution in [0, 0.1) is 0 Å². The second-order valence-corrected chi connectivity index (χ2v) is 8.84. The van der Waals surface area contributed by atoms with Crippen LogP contribution in [0.5, 0.6) is 0 Å². The van der Waals surface area contributed by atoms with Gasteiger partial charge in [-0.2, -0.15) is 11.8 Å². The van der Waals surface area contributed by atoms with Crippen LogP contribution in [0.4, 0.5) is 0 Å². The molecule has 0 aliphatic rings. The van der Waals surface area contributed by atoms with Gasteiger partial charge in [-0.1, -0.05) is 18.3 Å². The highest BCUT2D eigenvalue weighted by Crippen LogP contribution is 2.55. The van der Waals surface area contributed by atoms with Gasteiger partial charge in [0.05, 0.1) is 6.61 Å². The lowest BCUT2D eigenvalue weighted by molar-refractivity contribution is 0.350. The molecule has 0 aromatic carbocycles. The van der Waals surface area contributed by atoms with E-state index in [0.29, 0.717) is 6.61 Å². The Bertz CT molecular complexity index is 152. The Kier molecular flexibility index (Phi) is 7.85. The van der Waals surface area contributed by atoms with E-state index in [-0.39, 0.29) is 0 Å². The molecule has 74 valence electrons. The van der Waals surface area contributed by atoms with Gasteiger partial charge in [0, 0.05) is 18.2 Å². The SMILES string of the molecule is CCOP(C)(=O)SCCSCC. The van der Waals surface area contributed by atoms with Gasteiger partial charge in [-0.25, -0.2) is 0 Å². The molecule has 5 heteroatoms. The van der Waals surface area contributed by atoms with Crippen molar-refractivity contribution >= 4 is 29.7 Å². The van der Waals surface area contributed by atoms with E-state index in [1.54, 1.807) is 6.66 Å². The van der Waals surface area contributed by atoms with Crippen LogP contribution < -0.4 is 0 Å².